The summed E-state index contributed by atoms with van der Waals surface area (Å²) in [6.07, 6.45) is 4.35. The van der Waals surface area contributed by atoms with E-state index in [1.165, 1.54) is 0 Å². The summed E-state index contributed by atoms with van der Waals surface area (Å²) in [4.78, 5) is 48.7. The molecule has 0 radical (unpaired) electrons. The Morgan fingerprint density at radius 3 is 2.50 bits per heavy atom. The van der Waals surface area contributed by atoms with Crippen LogP contribution in [0.3, 0.4) is 0 Å². The number of nitrogens with one attached hydrogen (secondary N) is 2. The number of ether oxygens (including phenoxy) is 1. The highest BCUT2D eigenvalue weighted by atomic mass is 16.5. The largest absolute Gasteiger partial charge is 0.454 e. The number of anilines is 1. The molecule has 1 aromatic carbocycles. The molecule has 1 aliphatic heterocycles. The maximum absolute atomic E-state index is 12.1. The number of hydrogen-bond acceptors (Lipinski definition) is 5. The van der Waals surface area contributed by atoms with Crippen molar-refractivity contribution in [2.75, 3.05) is 31.1 Å². The Kier molecular flexibility index (Phi) is 8.45. The van der Waals surface area contributed by atoms with Gasteiger partial charge < -0.3 is 20.3 Å². The molecule has 2 N–H and O–H groups in total. The number of rotatable bonds is 10. The minimum Gasteiger partial charge on any atom is -0.454 e. The first kappa shape index (κ1) is 21.4. The van der Waals surface area contributed by atoms with Crippen molar-refractivity contribution in [1.29, 1.82) is 0 Å². The van der Waals surface area contributed by atoms with Gasteiger partial charge in [0, 0.05) is 30.8 Å². The summed E-state index contributed by atoms with van der Waals surface area (Å²) in [7, 11) is 0. The van der Waals surface area contributed by atoms with Crippen LogP contribution >= 0.6 is 0 Å². The Bertz CT molecular complexity index is 702. The van der Waals surface area contributed by atoms with E-state index >= 15 is 0 Å². The van der Waals surface area contributed by atoms with Crippen LogP contribution in [0.1, 0.15) is 49.4 Å². The number of benzene rings is 1. The summed E-state index contributed by atoms with van der Waals surface area (Å²) in [5.74, 6) is -1.39. The lowest BCUT2D eigenvalue weighted by Crippen LogP contribution is -2.34. The molecule has 1 saturated heterocycles. The van der Waals surface area contributed by atoms with E-state index in [-0.39, 0.29) is 25.0 Å². The summed E-state index contributed by atoms with van der Waals surface area (Å²) in [6, 6.07) is 6.62. The number of amides is 3. The smallest absolute Gasteiger partial charge is 0.325 e. The molecule has 0 aliphatic carbocycles. The van der Waals surface area contributed by atoms with Crippen molar-refractivity contribution < 1.29 is 23.9 Å². The number of carbonyl (C=O) groups is 4. The molecule has 1 aliphatic rings. The number of hydrogen-bond donors (Lipinski definition) is 2. The molecule has 8 heteroatoms. The lowest BCUT2D eigenvalue weighted by Gasteiger charge is -2.15. The van der Waals surface area contributed by atoms with Crippen LogP contribution in [-0.4, -0.2) is 49.9 Å². The van der Waals surface area contributed by atoms with Crippen molar-refractivity contribution in [3.8, 4) is 0 Å². The fourth-order valence-corrected chi connectivity index (χ4v) is 2.82. The Labute approximate surface area is 164 Å². The molecule has 0 saturated carbocycles. The van der Waals surface area contributed by atoms with Crippen LogP contribution in [0.2, 0.25) is 0 Å². The predicted molar refractivity (Wildman–Crippen MR) is 104 cm³/mol. The van der Waals surface area contributed by atoms with E-state index in [9.17, 15) is 19.2 Å². The van der Waals surface area contributed by atoms with Gasteiger partial charge in [0.25, 0.3) is 11.8 Å². The second-order valence-electron chi connectivity index (χ2n) is 6.60. The van der Waals surface area contributed by atoms with E-state index in [0.717, 1.165) is 31.4 Å². The van der Waals surface area contributed by atoms with Crippen molar-refractivity contribution >= 4 is 29.4 Å². The molecule has 2 rings (SSSR count). The van der Waals surface area contributed by atoms with Gasteiger partial charge >= 0.3 is 5.97 Å². The van der Waals surface area contributed by atoms with Gasteiger partial charge in [-0.3, -0.25) is 19.2 Å². The highest BCUT2D eigenvalue weighted by Crippen LogP contribution is 2.21. The van der Waals surface area contributed by atoms with E-state index in [2.05, 4.69) is 17.6 Å². The zero-order valence-electron chi connectivity index (χ0n) is 16.2. The molecule has 0 unspecified atom stereocenters. The van der Waals surface area contributed by atoms with Crippen molar-refractivity contribution in [2.24, 2.45) is 0 Å². The van der Waals surface area contributed by atoms with Gasteiger partial charge in [0.2, 0.25) is 5.91 Å². The maximum Gasteiger partial charge on any atom is 0.325 e. The van der Waals surface area contributed by atoms with Gasteiger partial charge in [-0.05, 0) is 37.1 Å². The Morgan fingerprint density at radius 1 is 1.11 bits per heavy atom. The number of esters is 1. The van der Waals surface area contributed by atoms with Crippen LogP contribution in [0.4, 0.5) is 5.69 Å². The molecule has 152 valence electrons. The lowest BCUT2D eigenvalue weighted by atomic mass is 10.2. The van der Waals surface area contributed by atoms with Gasteiger partial charge in [-0.2, -0.15) is 0 Å². The molecule has 0 aromatic heterocycles. The van der Waals surface area contributed by atoms with Gasteiger partial charge in [0.15, 0.2) is 6.61 Å². The van der Waals surface area contributed by atoms with Crippen molar-refractivity contribution in [1.82, 2.24) is 10.6 Å². The third-order valence-corrected chi connectivity index (χ3v) is 4.37. The summed E-state index contributed by atoms with van der Waals surface area (Å²) >= 11 is 0. The van der Waals surface area contributed by atoms with E-state index in [0.29, 0.717) is 25.1 Å². The van der Waals surface area contributed by atoms with Crippen molar-refractivity contribution in [3.05, 3.63) is 29.8 Å². The van der Waals surface area contributed by atoms with Gasteiger partial charge in [0.1, 0.15) is 6.54 Å². The average Bonchev–Trinajstić information content (AvgIpc) is 3.13. The topological polar surface area (TPSA) is 105 Å². The number of carbonyl (C=O) groups excluding carboxylic acids is 4. The van der Waals surface area contributed by atoms with Crippen LogP contribution in [0, 0.1) is 0 Å². The summed E-state index contributed by atoms with van der Waals surface area (Å²) in [5, 5.41) is 5.12. The summed E-state index contributed by atoms with van der Waals surface area (Å²) in [6.45, 7) is 2.62. The zero-order chi connectivity index (χ0) is 20.4. The Hall–Kier alpha value is -2.90. The number of nitrogens with zero attached hydrogens (tertiary/aromatic N) is 1. The van der Waals surface area contributed by atoms with E-state index in [1.807, 2.05) is 0 Å². The Balaban J connectivity index is 1.69. The first-order valence-electron chi connectivity index (χ1n) is 9.62. The van der Waals surface area contributed by atoms with E-state index in [4.69, 9.17) is 4.74 Å². The molecular weight excluding hydrogens is 362 g/mol. The van der Waals surface area contributed by atoms with Crippen LogP contribution in [-0.2, 0) is 19.1 Å². The highest BCUT2D eigenvalue weighted by molar-refractivity contribution is 5.98. The minimum absolute atomic E-state index is 0.0781. The maximum atomic E-state index is 12.1. The van der Waals surface area contributed by atoms with Gasteiger partial charge in [-0.15, -0.1) is 0 Å². The summed E-state index contributed by atoms with van der Waals surface area (Å²) < 4.78 is 4.84. The van der Waals surface area contributed by atoms with Crippen molar-refractivity contribution in [2.45, 2.75) is 39.0 Å². The van der Waals surface area contributed by atoms with Crippen molar-refractivity contribution in [3.63, 3.8) is 0 Å². The standard InChI is InChI=1S/C20H27N3O5/c1-2-3-4-11-21-17(24)14-28-19(26)13-22-20(27)15-7-9-16(10-8-15)23-12-5-6-18(23)25/h7-10H,2-6,11-14H2,1H3,(H,21,24)(H,22,27). The first-order valence-corrected chi connectivity index (χ1v) is 9.62. The van der Waals surface area contributed by atoms with E-state index < -0.39 is 11.9 Å². The molecule has 28 heavy (non-hydrogen) atoms. The monoisotopic (exact) mass is 389 g/mol. The van der Waals surface area contributed by atoms with Crippen LogP contribution < -0.4 is 15.5 Å². The molecule has 1 fully saturated rings. The highest BCUT2D eigenvalue weighted by Gasteiger charge is 2.21. The lowest BCUT2D eigenvalue weighted by molar-refractivity contribution is -0.147. The van der Waals surface area contributed by atoms with Crippen LogP contribution in [0.25, 0.3) is 0 Å². The zero-order valence-corrected chi connectivity index (χ0v) is 16.2. The van der Waals surface area contributed by atoms with Gasteiger partial charge in [-0.25, -0.2) is 0 Å². The van der Waals surface area contributed by atoms with E-state index in [1.54, 1.807) is 29.2 Å². The number of unbranched alkanes of at least 4 members (excludes halogenated alkanes) is 2. The molecule has 8 nitrogen and oxygen atoms in total. The quantitative estimate of drug-likeness (QED) is 0.465. The second kappa shape index (κ2) is 11.1. The molecule has 3 amide bonds. The fourth-order valence-electron chi connectivity index (χ4n) is 2.82. The van der Waals surface area contributed by atoms with Crippen LogP contribution in [0.15, 0.2) is 24.3 Å². The molecule has 0 spiro atoms. The third kappa shape index (κ3) is 6.68. The molecule has 0 bridgehead atoms. The average molecular weight is 389 g/mol. The Morgan fingerprint density at radius 2 is 1.86 bits per heavy atom. The van der Waals surface area contributed by atoms with Gasteiger partial charge in [-0.1, -0.05) is 19.8 Å². The summed E-state index contributed by atoms with van der Waals surface area (Å²) in [5.41, 5.74) is 1.13. The molecule has 0 atom stereocenters. The second-order valence-corrected chi connectivity index (χ2v) is 6.60. The predicted octanol–water partition coefficient (Wildman–Crippen LogP) is 1.39. The SMILES string of the molecule is CCCCCNC(=O)COC(=O)CNC(=O)c1ccc(N2CCCC2=O)cc1. The molecular formula is C20H27N3O5. The molecule has 1 heterocycles. The van der Waals surface area contributed by atoms with Crippen LogP contribution in [0.5, 0.6) is 0 Å². The van der Waals surface area contributed by atoms with Gasteiger partial charge in [0.05, 0.1) is 0 Å². The first-order chi connectivity index (χ1) is 13.5. The minimum atomic E-state index is -0.684. The molecule has 1 aromatic rings. The normalized spacial score (nSPS) is 13.3. The fraction of sp³-hybridized carbons (Fsp3) is 0.500. The third-order valence-electron chi connectivity index (χ3n) is 4.37.